The molecule has 0 saturated carbocycles. The molecule has 0 atom stereocenters. The highest BCUT2D eigenvalue weighted by molar-refractivity contribution is 5.89. The molecule has 0 saturated heterocycles. The van der Waals surface area contributed by atoms with Gasteiger partial charge in [0.2, 0.25) is 0 Å². The highest BCUT2D eigenvalue weighted by Crippen LogP contribution is 2.19. The monoisotopic (exact) mass is 288 g/mol. The summed E-state index contributed by atoms with van der Waals surface area (Å²) in [6, 6.07) is 10.6. The molecule has 0 aliphatic heterocycles. The number of aldehydes is 1. The summed E-state index contributed by atoms with van der Waals surface area (Å²) in [5.74, 6) is -0.943. The number of esters is 1. The van der Waals surface area contributed by atoms with Gasteiger partial charge in [0.25, 0.3) is 0 Å². The SMILES string of the molecule is COC(=O)c1ccc(COc2ccc(C=O)cc2F)cc1. The Balaban J connectivity index is 2.03. The predicted octanol–water partition coefficient (Wildman–Crippen LogP) is 3.00. The van der Waals surface area contributed by atoms with Crippen LogP contribution in [0.4, 0.5) is 4.39 Å². The third-order valence-electron chi connectivity index (χ3n) is 2.86. The van der Waals surface area contributed by atoms with Crippen LogP contribution in [0.15, 0.2) is 42.5 Å². The van der Waals surface area contributed by atoms with E-state index in [4.69, 9.17) is 4.74 Å². The lowest BCUT2D eigenvalue weighted by Gasteiger charge is -2.08. The van der Waals surface area contributed by atoms with E-state index < -0.39 is 11.8 Å². The number of carbonyl (C=O) groups excluding carboxylic acids is 2. The number of hydrogen-bond donors (Lipinski definition) is 0. The van der Waals surface area contributed by atoms with Crippen LogP contribution < -0.4 is 4.74 Å². The van der Waals surface area contributed by atoms with E-state index in [1.54, 1.807) is 24.3 Å². The van der Waals surface area contributed by atoms with E-state index in [-0.39, 0.29) is 17.9 Å². The third kappa shape index (κ3) is 3.66. The Hall–Kier alpha value is -2.69. The summed E-state index contributed by atoms with van der Waals surface area (Å²) in [5.41, 5.74) is 1.46. The standard InChI is InChI=1S/C16H13FO4/c1-20-16(19)13-5-2-11(3-6-13)10-21-15-7-4-12(9-18)8-14(15)17/h2-9H,10H2,1H3. The van der Waals surface area contributed by atoms with Crippen molar-refractivity contribution in [3.8, 4) is 5.75 Å². The molecule has 0 aliphatic rings. The number of hydrogen-bond acceptors (Lipinski definition) is 4. The Morgan fingerprint density at radius 2 is 1.90 bits per heavy atom. The van der Waals surface area contributed by atoms with Gasteiger partial charge in [0, 0.05) is 5.56 Å². The Morgan fingerprint density at radius 1 is 1.19 bits per heavy atom. The minimum atomic E-state index is -0.592. The van der Waals surface area contributed by atoms with Gasteiger partial charge in [-0.3, -0.25) is 4.79 Å². The fourth-order valence-electron chi connectivity index (χ4n) is 1.72. The lowest BCUT2D eigenvalue weighted by molar-refractivity contribution is 0.0600. The maximum atomic E-state index is 13.6. The van der Waals surface area contributed by atoms with E-state index in [0.717, 1.165) is 11.6 Å². The summed E-state index contributed by atoms with van der Waals surface area (Å²) in [6.07, 6.45) is 0.568. The van der Waals surface area contributed by atoms with Crippen LogP contribution in [-0.2, 0) is 11.3 Å². The first-order valence-corrected chi connectivity index (χ1v) is 6.19. The number of ether oxygens (including phenoxy) is 2. The topological polar surface area (TPSA) is 52.6 Å². The van der Waals surface area contributed by atoms with Crippen LogP contribution in [0, 0.1) is 5.82 Å². The molecule has 0 amide bonds. The Bertz CT molecular complexity index is 650. The second-order valence-electron chi connectivity index (χ2n) is 4.28. The zero-order valence-electron chi connectivity index (χ0n) is 11.3. The molecule has 5 heteroatoms. The molecule has 0 aromatic heterocycles. The first-order chi connectivity index (χ1) is 10.1. The fourth-order valence-corrected chi connectivity index (χ4v) is 1.72. The van der Waals surface area contributed by atoms with Gasteiger partial charge in [0.15, 0.2) is 11.6 Å². The Labute approximate surface area is 121 Å². The van der Waals surface area contributed by atoms with Gasteiger partial charge in [-0.15, -0.1) is 0 Å². The minimum absolute atomic E-state index is 0.0673. The number of carbonyl (C=O) groups is 2. The lowest BCUT2D eigenvalue weighted by Crippen LogP contribution is -2.02. The molecule has 0 radical (unpaired) electrons. The zero-order valence-corrected chi connectivity index (χ0v) is 11.3. The molecule has 21 heavy (non-hydrogen) atoms. The van der Waals surface area contributed by atoms with Crippen molar-refractivity contribution in [2.24, 2.45) is 0 Å². The van der Waals surface area contributed by atoms with E-state index in [9.17, 15) is 14.0 Å². The van der Waals surface area contributed by atoms with Crippen LogP contribution in [-0.4, -0.2) is 19.4 Å². The van der Waals surface area contributed by atoms with Crippen molar-refractivity contribution in [2.75, 3.05) is 7.11 Å². The van der Waals surface area contributed by atoms with Crippen LogP contribution in [0.25, 0.3) is 0 Å². The van der Waals surface area contributed by atoms with Crippen LogP contribution in [0.5, 0.6) is 5.75 Å². The number of rotatable bonds is 5. The lowest BCUT2D eigenvalue weighted by atomic mass is 10.1. The van der Waals surface area contributed by atoms with Crippen LogP contribution >= 0.6 is 0 Å². The molecule has 2 aromatic carbocycles. The summed E-state index contributed by atoms with van der Waals surface area (Å²) in [6.45, 7) is 0.152. The third-order valence-corrected chi connectivity index (χ3v) is 2.86. The molecule has 108 valence electrons. The van der Waals surface area contributed by atoms with Gasteiger partial charge in [-0.1, -0.05) is 12.1 Å². The van der Waals surface area contributed by atoms with Crippen LogP contribution in [0.3, 0.4) is 0 Å². The molecule has 0 fully saturated rings. The highest BCUT2D eigenvalue weighted by atomic mass is 19.1. The van der Waals surface area contributed by atoms with Crippen LogP contribution in [0.2, 0.25) is 0 Å². The van der Waals surface area contributed by atoms with E-state index in [1.807, 2.05) is 0 Å². The van der Waals surface area contributed by atoms with Gasteiger partial charge in [0.1, 0.15) is 12.9 Å². The quantitative estimate of drug-likeness (QED) is 0.627. The summed E-state index contributed by atoms with van der Waals surface area (Å²) in [5, 5.41) is 0. The van der Waals surface area contributed by atoms with E-state index in [1.165, 1.54) is 19.2 Å². The molecule has 2 rings (SSSR count). The van der Waals surface area contributed by atoms with Gasteiger partial charge < -0.3 is 9.47 Å². The largest absolute Gasteiger partial charge is 0.486 e. The van der Waals surface area contributed by atoms with Gasteiger partial charge in [0.05, 0.1) is 12.7 Å². The first-order valence-electron chi connectivity index (χ1n) is 6.19. The molecule has 2 aromatic rings. The molecular formula is C16H13FO4. The molecule has 4 nitrogen and oxygen atoms in total. The molecule has 0 unspecified atom stereocenters. The van der Waals surface area contributed by atoms with Crippen molar-refractivity contribution in [1.82, 2.24) is 0 Å². The smallest absolute Gasteiger partial charge is 0.337 e. The maximum Gasteiger partial charge on any atom is 0.337 e. The van der Waals surface area contributed by atoms with E-state index in [2.05, 4.69) is 4.74 Å². The minimum Gasteiger partial charge on any atom is -0.486 e. The Morgan fingerprint density at radius 3 is 2.48 bits per heavy atom. The number of halogens is 1. The summed E-state index contributed by atoms with van der Waals surface area (Å²) < 4.78 is 23.5. The van der Waals surface area contributed by atoms with Crippen molar-refractivity contribution in [3.05, 3.63) is 65.0 Å². The summed E-state index contributed by atoms with van der Waals surface area (Å²) >= 11 is 0. The van der Waals surface area contributed by atoms with Crippen molar-refractivity contribution < 1.29 is 23.5 Å². The van der Waals surface area contributed by atoms with Crippen molar-refractivity contribution >= 4 is 12.3 Å². The van der Waals surface area contributed by atoms with E-state index >= 15 is 0 Å². The second kappa shape index (κ2) is 6.65. The Kier molecular flexibility index (Phi) is 4.66. The average molecular weight is 288 g/mol. The normalized spacial score (nSPS) is 10.0. The van der Waals surface area contributed by atoms with Gasteiger partial charge >= 0.3 is 5.97 Å². The van der Waals surface area contributed by atoms with Crippen LogP contribution in [0.1, 0.15) is 26.3 Å². The predicted molar refractivity (Wildman–Crippen MR) is 73.9 cm³/mol. The summed E-state index contributed by atoms with van der Waals surface area (Å²) in [4.78, 5) is 21.8. The first kappa shape index (κ1) is 14.7. The molecule has 0 heterocycles. The second-order valence-corrected chi connectivity index (χ2v) is 4.28. The molecule has 0 bridgehead atoms. The highest BCUT2D eigenvalue weighted by Gasteiger charge is 2.07. The number of benzene rings is 2. The maximum absolute atomic E-state index is 13.6. The van der Waals surface area contributed by atoms with Gasteiger partial charge in [-0.25, -0.2) is 9.18 Å². The molecule has 0 N–H and O–H groups in total. The number of methoxy groups -OCH3 is 1. The average Bonchev–Trinajstić information content (AvgIpc) is 2.53. The van der Waals surface area contributed by atoms with Gasteiger partial charge in [-0.2, -0.15) is 0 Å². The van der Waals surface area contributed by atoms with Crippen molar-refractivity contribution in [3.63, 3.8) is 0 Å². The fraction of sp³-hybridized carbons (Fsp3) is 0.125. The van der Waals surface area contributed by atoms with E-state index in [0.29, 0.717) is 11.8 Å². The zero-order chi connectivity index (χ0) is 15.2. The molecular weight excluding hydrogens is 275 g/mol. The van der Waals surface area contributed by atoms with Crippen molar-refractivity contribution in [1.29, 1.82) is 0 Å². The molecule has 0 spiro atoms. The molecule has 0 aliphatic carbocycles. The van der Waals surface area contributed by atoms with Crippen molar-refractivity contribution in [2.45, 2.75) is 6.61 Å². The summed E-state index contributed by atoms with van der Waals surface area (Å²) in [7, 11) is 1.31. The van der Waals surface area contributed by atoms with Gasteiger partial charge in [-0.05, 0) is 35.9 Å².